The Morgan fingerprint density at radius 1 is 1.37 bits per heavy atom. The van der Waals surface area contributed by atoms with Gasteiger partial charge in [-0.25, -0.2) is 9.78 Å². The second kappa shape index (κ2) is 4.51. The van der Waals surface area contributed by atoms with Crippen LogP contribution in [0, 0.1) is 12.3 Å². The van der Waals surface area contributed by atoms with Crippen molar-refractivity contribution in [2.24, 2.45) is 5.41 Å². The largest absolute Gasteiger partial charge is 0.465 e. The second-order valence-electron chi connectivity index (χ2n) is 5.82. The number of hydrogen-bond acceptors (Lipinski definition) is 4. The van der Waals surface area contributed by atoms with Crippen LogP contribution in [0.3, 0.4) is 0 Å². The summed E-state index contributed by atoms with van der Waals surface area (Å²) in [6.07, 6.45) is 5.34. The van der Waals surface area contributed by atoms with Gasteiger partial charge in [-0.2, -0.15) is 0 Å². The van der Waals surface area contributed by atoms with Crippen LogP contribution in [-0.2, 0) is 4.74 Å². The van der Waals surface area contributed by atoms with E-state index in [1.165, 1.54) is 32.8 Å². The Morgan fingerprint density at radius 2 is 2.16 bits per heavy atom. The second-order valence-corrected chi connectivity index (χ2v) is 5.82. The Kier molecular flexibility index (Phi) is 2.96. The molecular formula is C15H20N2O2. The molecule has 1 saturated heterocycles. The number of piperidine rings is 1. The van der Waals surface area contributed by atoms with Crippen LogP contribution in [0.2, 0.25) is 0 Å². The first kappa shape index (κ1) is 12.5. The Morgan fingerprint density at radius 3 is 2.79 bits per heavy atom. The van der Waals surface area contributed by atoms with Crippen molar-refractivity contribution in [3.05, 3.63) is 23.4 Å². The molecule has 0 radical (unpaired) electrons. The van der Waals surface area contributed by atoms with Gasteiger partial charge in [0.05, 0.1) is 18.4 Å². The highest BCUT2D eigenvalue weighted by Crippen LogP contribution is 2.52. The van der Waals surface area contributed by atoms with E-state index in [2.05, 4.69) is 9.88 Å². The van der Waals surface area contributed by atoms with Crippen LogP contribution >= 0.6 is 0 Å². The van der Waals surface area contributed by atoms with E-state index < -0.39 is 0 Å². The normalized spacial score (nSPS) is 20.4. The van der Waals surface area contributed by atoms with Gasteiger partial charge in [0, 0.05) is 13.1 Å². The number of esters is 1. The number of rotatable bonds is 2. The number of carbonyl (C=O) groups excluding carboxylic acids is 1. The van der Waals surface area contributed by atoms with Crippen LogP contribution in [0.25, 0.3) is 0 Å². The first-order chi connectivity index (χ1) is 9.13. The fourth-order valence-corrected chi connectivity index (χ4v) is 3.04. The number of nitrogens with zero attached hydrogens (tertiary/aromatic N) is 2. The molecule has 1 spiro atoms. The van der Waals surface area contributed by atoms with E-state index in [4.69, 9.17) is 4.74 Å². The van der Waals surface area contributed by atoms with Crippen molar-refractivity contribution in [2.75, 3.05) is 25.1 Å². The average Bonchev–Trinajstić information content (AvgIpc) is 3.17. The Labute approximate surface area is 113 Å². The van der Waals surface area contributed by atoms with Crippen molar-refractivity contribution in [3.63, 3.8) is 0 Å². The van der Waals surface area contributed by atoms with E-state index in [0.29, 0.717) is 11.0 Å². The number of aryl methyl sites for hydroxylation is 1. The molecule has 2 fully saturated rings. The lowest BCUT2D eigenvalue weighted by molar-refractivity contribution is 0.0599. The molecule has 0 N–H and O–H groups in total. The highest BCUT2D eigenvalue weighted by atomic mass is 16.5. The van der Waals surface area contributed by atoms with Gasteiger partial charge in [0.2, 0.25) is 0 Å². The summed E-state index contributed by atoms with van der Waals surface area (Å²) in [7, 11) is 1.40. The number of pyridine rings is 1. The summed E-state index contributed by atoms with van der Waals surface area (Å²) in [5, 5.41) is 0. The van der Waals surface area contributed by atoms with E-state index in [0.717, 1.165) is 24.6 Å². The van der Waals surface area contributed by atoms with E-state index in [1.54, 1.807) is 0 Å². The summed E-state index contributed by atoms with van der Waals surface area (Å²) in [6, 6.07) is 3.78. The lowest BCUT2D eigenvalue weighted by Crippen LogP contribution is -2.37. The van der Waals surface area contributed by atoms with E-state index in [-0.39, 0.29) is 5.97 Å². The molecule has 0 aromatic carbocycles. The van der Waals surface area contributed by atoms with Crippen molar-refractivity contribution in [1.29, 1.82) is 0 Å². The molecule has 1 aromatic heterocycles. The average molecular weight is 260 g/mol. The van der Waals surface area contributed by atoms with Crippen molar-refractivity contribution >= 4 is 11.8 Å². The molecule has 0 unspecified atom stereocenters. The van der Waals surface area contributed by atoms with Crippen LogP contribution in [0.5, 0.6) is 0 Å². The van der Waals surface area contributed by atoms with Crippen LogP contribution in [0.1, 0.15) is 41.7 Å². The molecule has 2 aliphatic rings. The van der Waals surface area contributed by atoms with Gasteiger partial charge in [0.25, 0.3) is 0 Å². The summed E-state index contributed by atoms with van der Waals surface area (Å²) in [4.78, 5) is 18.5. The highest BCUT2D eigenvalue weighted by Gasteiger charge is 2.45. The number of methoxy groups -OCH3 is 1. The predicted molar refractivity (Wildman–Crippen MR) is 73.4 cm³/mol. The van der Waals surface area contributed by atoms with Gasteiger partial charge in [0.1, 0.15) is 5.82 Å². The van der Waals surface area contributed by atoms with Crippen LogP contribution in [-0.4, -0.2) is 31.2 Å². The first-order valence-electron chi connectivity index (χ1n) is 6.94. The first-order valence-corrected chi connectivity index (χ1v) is 6.94. The molecule has 1 aliphatic carbocycles. The number of hydrogen-bond donors (Lipinski definition) is 0. The minimum absolute atomic E-state index is 0.311. The zero-order valence-electron chi connectivity index (χ0n) is 11.6. The summed E-state index contributed by atoms with van der Waals surface area (Å²) in [5.41, 5.74) is 1.89. The van der Waals surface area contributed by atoms with E-state index in [9.17, 15) is 4.79 Å². The van der Waals surface area contributed by atoms with Crippen molar-refractivity contribution < 1.29 is 9.53 Å². The molecule has 1 saturated carbocycles. The molecule has 4 heteroatoms. The predicted octanol–water partition coefficient (Wildman–Crippen LogP) is 2.56. The third-order valence-electron chi connectivity index (χ3n) is 4.42. The fourth-order valence-electron chi connectivity index (χ4n) is 3.04. The SMILES string of the molecule is COC(=O)c1ccc(N2CCCC3(CC3)C2)nc1C. The summed E-state index contributed by atoms with van der Waals surface area (Å²) in [5.74, 6) is 0.685. The molecule has 4 nitrogen and oxygen atoms in total. The smallest absolute Gasteiger partial charge is 0.339 e. The van der Waals surface area contributed by atoms with Crippen molar-refractivity contribution in [2.45, 2.75) is 32.6 Å². The molecule has 102 valence electrons. The van der Waals surface area contributed by atoms with Crippen molar-refractivity contribution in [3.8, 4) is 0 Å². The third kappa shape index (κ3) is 2.31. The molecule has 3 rings (SSSR count). The lowest BCUT2D eigenvalue weighted by Gasteiger charge is -2.34. The molecule has 2 heterocycles. The minimum Gasteiger partial charge on any atom is -0.465 e. The Bertz CT molecular complexity index is 509. The number of ether oxygens (including phenoxy) is 1. The van der Waals surface area contributed by atoms with Gasteiger partial charge < -0.3 is 9.64 Å². The molecule has 19 heavy (non-hydrogen) atoms. The Balaban J connectivity index is 1.81. The maximum Gasteiger partial charge on any atom is 0.339 e. The number of carbonyl (C=O) groups is 1. The molecule has 0 amide bonds. The van der Waals surface area contributed by atoms with Gasteiger partial charge >= 0.3 is 5.97 Å². The topological polar surface area (TPSA) is 42.4 Å². The zero-order valence-corrected chi connectivity index (χ0v) is 11.6. The van der Waals surface area contributed by atoms with E-state index >= 15 is 0 Å². The molecule has 0 bridgehead atoms. The van der Waals surface area contributed by atoms with Gasteiger partial charge in [-0.05, 0) is 50.2 Å². The van der Waals surface area contributed by atoms with E-state index in [1.807, 2.05) is 19.1 Å². The molecule has 0 atom stereocenters. The standard InChI is InChI=1S/C15H20N2O2/c1-11-12(14(18)19-2)4-5-13(16-11)17-9-3-6-15(10-17)7-8-15/h4-5H,3,6-10H2,1-2H3. The maximum atomic E-state index is 11.6. The van der Waals surface area contributed by atoms with Gasteiger partial charge in [-0.3, -0.25) is 0 Å². The van der Waals surface area contributed by atoms with Gasteiger partial charge in [0.15, 0.2) is 0 Å². The number of aromatic nitrogens is 1. The summed E-state index contributed by atoms with van der Waals surface area (Å²) in [6.45, 7) is 4.06. The van der Waals surface area contributed by atoms with Gasteiger partial charge in [-0.1, -0.05) is 0 Å². The third-order valence-corrected chi connectivity index (χ3v) is 4.42. The summed E-state index contributed by atoms with van der Waals surface area (Å²) >= 11 is 0. The molecular weight excluding hydrogens is 240 g/mol. The van der Waals surface area contributed by atoms with Crippen LogP contribution < -0.4 is 4.90 Å². The Hall–Kier alpha value is -1.58. The van der Waals surface area contributed by atoms with Crippen LogP contribution in [0.4, 0.5) is 5.82 Å². The quantitative estimate of drug-likeness (QED) is 0.766. The lowest BCUT2D eigenvalue weighted by atomic mass is 9.95. The fraction of sp³-hybridized carbons (Fsp3) is 0.600. The highest BCUT2D eigenvalue weighted by molar-refractivity contribution is 5.90. The number of anilines is 1. The zero-order chi connectivity index (χ0) is 13.5. The minimum atomic E-state index is -0.311. The summed E-state index contributed by atoms with van der Waals surface area (Å²) < 4.78 is 4.75. The monoisotopic (exact) mass is 260 g/mol. The van der Waals surface area contributed by atoms with Crippen molar-refractivity contribution in [1.82, 2.24) is 4.98 Å². The van der Waals surface area contributed by atoms with Crippen LogP contribution in [0.15, 0.2) is 12.1 Å². The molecule has 1 aliphatic heterocycles. The maximum absolute atomic E-state index is 11.6. The van der Waals surface area contributed by atoms with Gasteiger partial charge in [-0.15, -0.1) is 0 Å². The molecule has 1 aromatic rings.